The van der Waals surface area contributed by atoms with Gasteiger partial charge in [0.05, 0.1) is 16.8 Å². The number of carbonyl (C=O) groups is 1. The predicted molar refractivity (Wildman–Crippen MR) is 109 cm³/mol. The van der Waals surface area contributed by atoms with Crippen molar-refractivity contribution < 1.29 is 24.5 Å². The van der Waals surface area contributed by atoms with Crippen LogP contribution in [0.2, 0.25) is 0 Å². The third-order valence-electron chi connectivity index (χ3n) is 3.55. The average molecular weight is 506 g/mol. The third kappa shape index (κ3) is 5.90. The fourth-order valence-corrected chi connectivity index (χ4v) is 3.65. The highest BCUT2D eigenvalue weighted by Crippen LogP contribution is 2.37. The summed E-state index contributed by atoms with van der Waals surface area (Å²) < 4.78 is 12.1. The van der Waals surface area contributed by atoms with Gasteiger partial charge >= 0.3 is 5.97 Å². The van der Waals surface area contributed by atoms with Crippen molar-refractivity contribution in [2.75, 3.05) is 12.4 Å². The van der Waals surface area contributed by atoms with Gasteiger partial charge in [-0.25, -0.2) is 0 Å². The van der Waals surface area contributed by atoms with Gasteiger partial charge < -0.3 is 19.7 Å². The maximum Gasteiger partial charge on any atom is 0.315 e. The molecule has 0 aliphatic carbocycles. The fraction of sp³-hybridized carbons (Fsp3) is 0.278. The van der Waals surface area contributed by atoms with E-state index in [1.54, 1.807) is 24.3 Å². The minimum absolute atomic E-state index is 0.0217. The molecule has 2 atom stereocenters. The average Bonchev–Trinajstić information content (AvgIpc) is 2.64. The first kappa shape index (κ1) is 21.1. The van der Waals surface area contributed by atoms with Gasteiger partial charge in [0.15, 0.2) is 0 Å². The molecular weight excluding hydrogens is 488 g/mol. The Hall–Kier alpha value is -1.22. The van der Waals surface area contributed by atoms with Gasteiger partial charge in [0.25, 0.3) is 0 Å². The maximum absolute atomic E-state index is 11.3. The summed E-state index contributed by atoms with van der Waals surface area (Å²) in [5.41, 5.74) is 0.299. The van der Waals surface area contributed by atoms with Gasteiger partial charge in [-0.15, -0.1) is 0 Å². The number of halogens is 2. The van der Waals surface area contributed by atoms with Gasteiger partial charge in [-0.2, -0.15) is 12.6 Å². The minimum atomic E-state index is -1.14. The van der Waals surface area contributed by atoms with Crippen molar-refractivity contribution in [3.05, 3.63) is 57.0 Å². The number of ether oxygens (including phenoxy) is 2. The number of aliphatic hydroxyl groups excluding tert-OH is 1. The van der Waals surface area contributed by atoms with Crippen molar-refractivity contribution in [1.29, 1.82) is 0 Å². The minimum Gasteiger partial charge on any atom is -0.506 e. The summed E-state index contributed by atoms with van der Waals surface area (Å²) in [6.45, 7) is 0.0594. The molecule has 0 aliphatic heterocycles. The van der Waals surface area contributed by atoms with E-state index in [1.807, 2.05) is 18.2 Å². The molecule has 26 heavy (non-hydrogen) atoms. The zero-order chi connectivity index (χ0) is 19.1. The standard InChI is InChI=1S/C18H18Br2O5S/c19-11-8-13(17(22)14(20)9-11)18(23)15(6-7-24-16(21)10-26)25-12-4-2-1-3-5-12/h1-5,8-9,15,18,22-23,26H,6-7,10H2/t15-,18-/m0/s1. The summed E-state index contributed by atoms with van der Waals surface area (Å²) in [5, 5.41) is 21.1. The number of carbonyl (C=O) groups excluding carboxylic acids is 1. The quantitative estimate of drug-likeness (QED) is 0.369. The summed E-state index contributed by atoms with van der Waals surface area (Å²) in [6, 6.07) is 12.3. The van der Waals surface area contributed by atoms with Crippen molar-refractivity contribution in [3.63, 3.8) is 0 Å². The monoisotopic (exact) mass is 504 g/mol. The van der Waals surface area contributed by atoms with Crippen LogP contribution in [0.25, 0.3) is 0 Å². The van der Waals surface area contributed by atoms with Crippen LogP contribution in [0.5, 0.6) is 11.5 Å². The van der Waals surface area contributed by atoms with Gasteiger partial charge in [0.1, 0.15) is 23.7 Å². The highest BCUT2D eigenvalue weighted by atomic mass is 79.9. The van der Waals surface area contributed by atoms with Crippen molar-refractivity contribution >= 4 is 50.5 Å². The molecule has 0 fully saturated rings. The van der Waals surface area contributed by atoms with Crippen LogP contribution < -0.4 is 4.74 Å². The first-order chi connectivity index (χ1) is 12.4. The van der Waals surface area contributed by atoms with Crippen LogP contribution in [0, 0.1) is 0 Å². The van der Waals surface area contributed by atoms with Gasteiger partial charge in [-0.05, 0) is 40.2 Å². The van der Waals surface area contributed by atoms with E-state index in [2.05, 4.69) is 44.5 Å². The number of esters is 1. The van der Waals surface area contributed by atoms with E-state index >= 15 is 0 Å². The Morgan fingerprint density at radius 3 is 2.54 bits per heavy atom. The first-order valence-electron chi connectivity index (χ1n) is 7.76. The molecule has 0 bridgehead atoms. The number of benzene rings is 2. The molecule has 0 saturated carbocycles. The molecule has 2 aromatic rings. The van der Waals surface area contributed by atoms with Crippen LogP contribution >= 0.6 is 44.5 Å². The second kappa shape index (κ2) is 10.2. The Labute approximate surface area is 174 Å². The largest absolute Gasteiger partial charge is 0.506 e. The molecular formula is C18H18Br2O5S. The lowest BCUT2D eigenvalue weighted by Gasteiger charge is -2.25. The van der Waals surface area contributed by atoms with Crippen molar-refractivity contribution in [2.24, 2.45) is 0 Å². The topological polar surface area (TPSA) is 76.0 Å². The second-order valence-corrected chi connectivity index (χ2v) is 7.49. The highest BCUT2D eigenvalue weighted by Gasteiger charge is 2.27. The number of rotatable bonds is 8. The molecule has 0 aliphatic rings. The van der Waals surface area contributed by atoms with E-state index in [1.165, 1.54) is 0 Å². The molecule has 0 radical (unpaired) electrons. The molecule has 2 rings (SSSR count). The Morgan fingerprint density at radius 2 is 1.88 bits per heavy atom. The highest BCUT2D eigenvalue weighted by molar-refractivity contribution is 9.11. The smallest absolute Gasteiger partial charge is 0.315 e. The first-order valence-corrected chi connectivity index (χ1v) is 9.98. The van der Waals surface area contributed by atoms with Gasteiger partial charge in [-0.3, -0.25) is 4.79 Å². The van der Waals surface area contributed by atoms with E-state index < -0.39 is 18.2 Å². The molecule has 0 heterocycles. The van der Waals surface area contributed by atoms with Crippen LogP contribution in [0.15, 0.2) is 51.4 Å². The number of aromatic hydroxyl groups is 1. The number of phenolic OH excluding ortho intramolecular Hbond substituents is 1. The predicted octanol–water partition coefficient (Wildman–Crippen LogP) is 4.26. The number of hydrogen-bond donors (Lipinski definition) is 3. The van der Waals surface area contributed by atoms with Crippen molar-refractivity contribution in [1.82, 2.24) is 0 Å². The number of thiol groups is 1. The van der Waals surface area contributed by atoms with Crippen LogP contribution in [0.3, 0.4) is 0 Å². The number of phenols is 1. The van der Waals surface area contributed by atoms with E-state index in [-0.39, 0.29) is 24.5 Å². The Balaban J connectivity index is 2.22. The third-order valence-corrected chi connectivity index (χ3v) is 4.87. The Bertz CT molecular complexity index is 742. The zero-order valence-corrected chi connectivity index (χ0v) is 17.7. The number of hydrogen-bond acceptors (Lipinski definition) is 6. The lowest BCUT2D eigenvalue weighted by atomic mass is 10.0. The zero-order valence-electron chi connectivity index (χ0n) is 13.6. The van der Waals surface area contributed by atoms with E-state index in [9.17, 15) is 15.0 Å². The maximum atomic E-state index is 11.3. The van der Waals surface area contributed by atoms with Gasteiger partial charge in [0.2, 0.25) is 0 Å². The Morgan fingerprint density at radius 1 is 1.19 bits per heavy atom. The van der Waals surface area contributed by atoms with Crippen molar-refractivity contribution in [3.8, 4) is 11.5 Å². The Kier molecular flexibility index (Phi) is 8.27. The van der Waals surface area contributed by atoms with Crippen LogP contribution in [0.1, 0.15) is 18.1 Å². The fourth-order valence-electron chi connectivity index (χ4n) is 2.30. The summed E-state index contributed by atoms with van der Waals surface area (Å²) in [6.07, 6.45) is -1.64. The molecule has 0 spiro atoms. The van der Waals surface area contributed by atoms with Gasteiger partial charge in [-0.1, -0.05) is 34.1 Å². The molecule has 0 amide bonds. The van der Waals surface area contributed by atoms with E-state index in [4.69, 9.17) is 9.47 Å². The summed E-state index contributed by atoms with van der Waals surface area (Å²) in [5.74, 6) is 0.0150. The van der Waals surface area contributed by atoms with Crippen LogP contribution in [0.4, 0.5) is 0 Å². The summed E-state index contributed by atoms with van der Waals surface area (Å²) in [4.78, 5) is 11.3. The van der Waals surface area contributed by atoms with E-state index in [0.29, 0.717) is 20.3 Å². The normalized spacial score (nSPS) is 13.1. The lowest BCUT2D eigenvalue weighted by Crippen LogP contribution is -2.28. The molecule has 5 nitrogen and oxygen atoms in total. The van der Waals surface area contributed by atoms with Crippen LogP contribution in [-0.2, 0) is 9.53 Å². The molecule has 0 unspecified atom stereocenters. The van der Waals surface area contributed by atoms with Gasteiger partial charge in [0, 0.05) is 16.5 Å². The number of aliphatic hydroxyl groups is 1. The molecule has 140 valence electrons. The summed E-state index contributed by atoms with van der Waals surface area (Å²) in [7, 11) is 0. The van der Waals surface area contributed by atoms with E-state index in [0.717, 1.165) is 0 Å². The summed E-state index contributed by atoms with van der Waals surface area (Å²) >= 11 is 10.4. The molecule has 0 aromatic heterocycles. The molecule has 8 heteroatoms. The molecule has 2 N–H and O–H groups in total. The number of para-hydroxylation sites is 1. The lowest BCUT2D eigenvalue weighted by molar-refractivity contribution is -0.141. The second-order valence-electron chi connectivity index (χ2n) is 5.41. The molecule has 2 aromatic carbocycles. The SMILES string of the molecule is O=C(CS)OCC[C@H](Oc1ccccc1)[C@@H](O)c1cc(Br)cc(Br)c1O. The van der Waals surface area contributed by atoms with Crippen molar-refractivity contribution in [2.45, 2.75) is 18.6 Å². The molecule has 0 saturated heterocycles. The van der Waals surface area contributed by atoms with Crippen LogP contribution in [-0.4, -0.2) is 34.6 Å².